The van der Waals surface area contributed by atoms with E-state index in [1.54, 1.807) is 0 Å². The summed E-state index contributed by atoms with van der Waals surface area (Å²) < 4.78 is 0. The number of carbonyl (C=O) groups is 1. The summed E-state index contributed by atoms with van der Waals surface area (Å²) in [5.74, 6) is 2.98. The van der Waals surface area contributed by atoms with Crippen molar-refractivity contribution in [3.8, 4) is 0 Å². The van der Waals surface area contributed by atoms with Crippen LogP contribution in [0.4, 0.5) is 0 Å². The average molecular weight is 377 g/mol. The van der Waals surface area contributed by atoms with Crippen LogP contribution >= 0.6 is 0 Å². The van der Waals surface area contributed by atoms with Crippen LogP contribution in [-0.2, 0) is 9.63 Å². The first kappa shape index (κ1) is 19.4. The highest BCUT2D eigenvalue weighted by molar-refractivity contribution is 5.87. The third-order valence-electron chi connectivity index (χ3n) is 9.02. The van der Waals surface area contributed by atoms with Crippen molar-refractivity contribution in [3.63, 3.8) is 0 Å². The van der Waals surface area contributed by atoms with Crippen molar-refractivity contribution >= 4 is 11.5 Å². The first-order valence-corrected chi connectivity index (χ1v) is 11.0. The maximum atomic E-state index is 12.6. The molecule has 1 unspecified atom stereocenters. The maximum Gasteiger partial charge on any atom is 0.139 e. The molecule has 0 aromatic carbocycles. The van der Waals surface area contributed by atoms with Crippen molar-refractivity contribution in [1.82, 2.24) is 0 Å². The lowest BCUT2D eigenvalue weighted by molar-refractivity contribution is -0.148. The van der Waals surface area contributed by atoms with Gasteiger partial charge >= 0.3 is 0 Å². The fraction of sp³-hybridized carbons (Fsp3) is 0.909. The Morgan fingerprint density at radius 3 is 2.78 bits per heavy atom. The Bertz CT molecular complexity index is 621. The van der Waals surface area contributed by atoms with E-state index in [-0.39, 0.29) is 12.0 Å². The minimum atomic E-state index is -0.130. The van der Waals surface area contributed by atoms with Gasteiger partial charge in [0.1, 0.15) is 12.4 Å². The predicted molar refractivity (Wildman–Crippen MR) is 105 cm³/mol. The zero-order chi connectivity index (χ0) is 19.2. The second-order valence-electron chi connectivity index (χ2n) is 10.1. The van der Waals surface area contributed by atoms with Gasteiger partial charge in [0.2, 0.25) is 0 Å². The predicted octanol–water partition coefficient (Wildman–Crippen LogP) is 3.15. The van der Waals surface area contributed by atoms with Crippen LogP contribution in [0.15, 0.2) is 5.16 Å². The second-order valence-corrected chi connectivity index (χ2v) is 10.1. The van der Waals surface area contributed by atoms with Gasteiger partial charge in [0, 0.05) is 25.0 Å². The van der Waals surface area contributed by atoms with Gasteiger partial charge in [-0.15, -0.1) is 0 Å². The van der Waals surface area contributed by atoms with Crippen LogP contribution in [0, 0.1) is 40.4 Å². The number of aliphatic hydroxyl groups excluding tert-OH is 1. The number of nitrogens with two attached hydrogens (primary N) is 1. The molecule has 4 rings (SSSR count). The largest absolute Gasteiger partial charge is 0.396 e. The minimum absolute atomic E-state index is 0.130. The van der Waals surface area contributed by atoms with Crippen LogP contribution in [-0.4, -0.2) is 36.4 Å². The fourth-order valence-corrected chi connectivity index (χ4v) is 7.46. The summed E-state index contributed by atoms with van der Waals surface area (Å²) in [6.07, 6.45) is 8.17. The molecule has 0 aliphatic heterocycles. The summed E-state index contributed by atoms with van der Waals surface area (Å²) in [5, 5.41) is 14.6. The van der Waals surface area contributed by atoms with E-state index in [4.69, 9.17) is 10.6 Å². The Morgan fingerprint density at radius 1 is 1.22 bits per heavy atom. The summed E-state index contributed by atoms with van der Waals surface area (Å²) >= 11 is 0. The molecule has 5 nitrogen and oxygen atoms in total. The SMILES string of the molecule is C[C@]12CC/C(=N/OCCN)CC1C[C@@H](CO)[C@@H]1[C@@H]2CC[C@]2(C)C(=O)CC[C@@H]12. The summed E-state index contributed by atoms with van der Waals surface area (Å²) in [7, 11) is 0. The number of aliphatic hydroxyl groups is 1. The van der Waals surface area contributed by atoms with Crippen LogP contribution in [0.1, 0.15) is 65.2 Å². The van der Waals surface area contributed by atoms with Gasteiger partial charge in [-0.25, -0.2) is 0 Å². The van der Waals surface area contributed by atoms with E-state index in [0.29, 0.717) is 53.9 Å². The van der Waals surface area contributed by atoms with E-state index in [1.165, 1.54) is 0 Å². The van der Waals surface area contributed by atoms with Crippen molar-refractivity contribution in [2.75, 3.05) is 19.8 Å². The monoisotopic (exact) mass is 376 g/mol. The molecule has 7 atom stereocenters. The highest BCUT2D eigenvalue weighted by atomic mass is 16.6. The molecule has 0 spiro atoms. The first-order chi connectivity index (χ1) is 12.9. The Hall–Kier alpha value is -0.940. The molecule has 4 aliphatic rings. The molecule has 4 saturated carbocycles. The topological polar surface area (TPSA) is 84.9 Å². The summed E-state index contributed by atoms with van der Waals surface area (Å²) in [6.45, 7) is 5.92. The van der Waals surface area contributed by atoms with Crippen LogP contribution in [0.3, 0.4) is 0 Å². The standard InChI is InChI=1S/C22H36N2O3/c1-21-7-5-16(24-27-10-9-23)12-15(21)11-14(13-25)20-17-3-4-19(26)22(17,2)8-6-18(20)21/h14-15,17-18,20,25H,3-13,23H2,1-2H3/b24-16-/t14-,15?,17-,18-,20-,21-,22-/m0/s1. The number of hydrogen-bond donors (Lipinski definition) is 2. The molecule has 0 radical (unpaired) electrons. The molecule has 27 heavy (non-hydrogen) atoms. The number of oxime groups is 1. The van der Waals surface area contributed by atoms with Crippen molar-refractivity contribution in [2.45, 2.75) is 65.2 Å². The molecule has 4 fully saturated rings. The molecule has 0 amide bonds. The highest BCUT2D eigenvalue weighted by Crippen LogP contribution is 2.66. The zero-order valence-corrected chi connectivity index (χ0v) is 17.0. The van der Waals surface area contributed by atoms with Gasteiger partial charge in [0.25, 0.3) is 0 Å². The lowest BCUT2D eigenvalue weighted by Gasteiger charge is -2.61. The molecule has 4 aliphatic carbocycles. The second kappa shape index (κ2) is 7.14. The Balaban J connectivity index is 1.59. The highest BCUT2D eigenvalue weighted by Gasteiger charge is 2.62. The van der Waals surface area contributed by atoms with Crippen LogP contribution in [0.2, 0.25) is 0 Å². The molecule has 0 aromatic heterocycles. The molecular formula is C22H36N2O3. The number of Topliss-reactive ketones (excluding diaryl/α,β-unsaturated/α-hetero) is 1. The van der Waals surface area contributed by atoms with E-state index < -0.39 is 0 Å². The number of ketones is 1. The van der Waals surface area contributed by atoms with E-state index in [1.807, 2.05) is 0 Å². The van der Waals surface area contributed by atoms with Crippen LogP contribution in [0.25, 0.3) is 0 Å². The average Bonchev–Trinajstić information content (AvgIpc) is 2.96. The van der Waals surface area contributed by atoms with Crippen molar-refractivity contribution in [2.24, 2.45) is 51.3 Å². The quantitative estimate of drug-likeness (QED) is 0.583. The van der Waals surface area contributed by atoms with Gasteiger partial charge in [0.15, 0.2) is 0 Å². The molecular weight excluding hydrogens is 340 g/mol. The lowest BCUT2D eigenvalue weighted by atomic mass is 9.43. The van der Waals surface area contributed by atoms with Gasteiger partial charge < -0.3 is 15.7 Å². The van der Waals surface area contributed by atoms with E-state index in [2.05, 4.69) is 19.0 Å². The zero-order valence-electron chi connectivity index (χ0n) is 17.0. The summed E-state index contributed by atoms with van der Waals surface area (Å²) in [6, 6.07) is 0. The number of nitrogens with zero attached hydrogens (tertiary/aromatic N) is 1. The number of rotatable bonds is 4. The number of carbonyl (C=O) groups excluding carboxylic acids is 1. The van der Waals surface area contributed by atoms with E-state index in [0.717, 1.165) is 57.1 Å². The number of hydrogen-bond acceptors (Lipinski definition) is 5. The molecule has 152 valence electrons. The van der Waals surface area contributed by atoms with Gasteiger partial charge in [-0.2, -0.15) is 0 Å². The molecule has 3 N–H and O–H groups in total. The van der Waals surface area contributed by atoms with Crippen molar-refractivity contribution < 1.29 is 14.7 Å². The Morgan fingerprint density at radius 2 is 2.04 bits per heavy atom. The van der Waals surface area contributed by atoms with Gasteiger partial charge in [-0.1, -0.05) is 19.0 Å². The minimum Gasteiger partial charge on any atom is -0.396 e. The Kier molecular flexibility index (Phi) is 5.13. The smallest absolute Gasteiger partial charge is 0.139 e. The van der Waals surface area contributed by atoms with Crippen LogP contribution in [0.5, 0.6) is 0 Å². The molecule has 0 saturated heterocycles. The third kappa shape index (κ3) is 2.96. The van der Waals surface area contributed by atoms with Gasteiger partial charge in [-0.05, 0) is 80.0 Å². The summed E-state index contributed by atoms with van der Waals surface area (Å²) in [5.41, 5.74) is 6.83. The fourth-order valence-electron chi connectivity index (χ4n) is 7.46. The maximum absolute atomic E-state index is 12.6. The third-order valence-corrected chi connectivity index (χ3v) is 9.02. The molecule has 0 aromatic rings. The number of fused-ring (bicyclic) bond motifs is 5. The van der Waals surface area contributed by atoms with Crippen LogP contribution < -0.4 is 5.73 Å². The van der Waals surface area contributed by atoms with E-state index in [9.17, 15) is 9.90 Å². The summed E-state index contributed by atoms with van der Waals surface area (Å²) in [4.78, 5) is 18.0. The van der Waals surface area contributed by atoms with Crippen molar-refractivity contribution in [3.05, 3.63) is 0 Å². The molecule has 0 heterocycles. The molecule has 0 bridgehead atoms. The Labute approximate surface area is 163 Å². The van der Waals surface area contributed by atoms with E-state index >= 15 is 0 Å². The van der Waals surface area contributed by atoms with Gasteiger partial charge in [0.05, 0.1) is 5.71 Å². The lowest BCUT2D eigenvalue weighted by Crippen LogP contribution is -2.57. The van der Waals surface area contributed by atoms with Crippen molar-refractivity contribution in [1.29, 1.82) is 0 Å². The first-order valence-electron chi connectivity index (χ1n) is 11.0. The normalized spacial score (nSPS) is 48.1. The molecule has 5 heteroatoms. The van der Waals surface area contributed by atoms with Gasteiger partial charge in [-0.3, -0.25) is 4.79 Å².